The van der Waals surface area contributed by atoms with E-state index >= 15 is 0 Å². The van der Waals surface area contributed by atoms with Gasteiger partial charge in [0.15, 0.2) is 5.78 Å². The van der Waals surface area contributed by atoms with Crippen molar-refractivity contribution in [3.05, 3.63) is 63.1 Å². The van der Waals surface area contributed by atoms with E-state index in [0.29, 0.717) is 21.2 Å². The minimum absolute atomic E-state index is 0.0146. The maximum Gasteiger partial charge on any atom is 0.487 e. The highest BCUT2D eigenvalue weighted by Gasteiger charge is 2.44. The van der Waals surface area contributed by atoms with Gasteiger partial charge in [-0.15, -0.1) is 8.78 Å². The number of halogens is 4. The number of aliphatic hydroxyl groups is 1. The van der Waals surface area contributed by atoms with E-state index < -0.39 is 11.1 Å². The van der Waals surface area contributed by atoms with E-state index in [-0.39, 0.29) is 37.0 Å². The normalized spacial score (nSPS) is 15.3. The summed E-state index contributed by atoms with van der Waals surface area (Å²) in [6, 6.07) is 8.83. The van der Waals surface area contributed by atoms with E-state index in [1.165, 1.54) is 24.3 Å². The Morgan fingerprint density at radius 3 is 2.47 bits per heavy atom. The molecular formula is C21H19BrClF2NO4. The summed E-state index contributed by atoms with van der Waals surface area (Å²) in [5.74, 6) is -0.604. The number of fused-ring (bicyclic) bond motifs is 1. The van der Waals surface area contributed by atoms with E-state index in [9.17, 15) is 23.5 Å². The molecule has 1 aliphatic rings. The topological polar surface area (TPSA) is 66.8 Å². The Hall–Kier alpha value is -2.03. The zero-order valence-electron chi connectivity index (χ0n) is 16.2. The molecule has 0 spiro atoms. The van der Waals surface area contributed by atoms with Crippen LogP contribution in [0.5, 0.6) is 5.75 Å². The molecule has 0 fully saturated rings. The Morgan fingerprint density at radius 1 is 1.27 bits per heavy atom. The SMILES string of the molecule is CC1(C)c2c(Br)cc(C(=O)Cc3ccc(OC(F)(F)Cl)cc3)cc2C(=O)N1CCO. The zero-order chi connectivity index (χ0) is 22.3. The smallest absolute Gasteiger partial charge is 0.420 e. The Kier molecular flexibility index (Phi) is 6.23. The fourth-order valence-electron chi connectivity index (χ4n) is 3.67. The molecule has 1 N–H and O–H groups in total. The quantitative estimate of drug-likeness (QED) is 0.439. The summed E-state index contributed by atoms with van der Waals surface area (Å²) < 4.78 is 30.3. The van der Waals surface area contributed by atoms with Crippen molar-refractivity contribution in [2.75, 3.05) is 13.2 Å². The maximum atomic E-state index is 12.8. The highest BCUT2D eigenvalue weighted by atomic mass is 79.9. The average Bonchev–Trinajstić information content (AvgIpc) is 2.83. The number of carbonyl (C=O) groups excluding carboxylic acids is 2. The molecule has 2 aromatic carbocycles. The standard InChI is InChI=1S/C21H19BrClF2NO4/c1-20(2)18-15(19(29)26(20)7-8-27)10-13(11-16(18)22)17(28)9-12-3-5-14(6-4-12)30-21(23,24)25/h3-6,10-11,27H,7-9H2,1-2H3. The molecule has 0 unspecified atom stereocenters. The van der Waals surface area contributed by atoms with Crippen LogP contribution in [0.15, 0.2) is 40.9 Å². The first-order valence-electron chi connectivity index (χ1n) is 9.09. The zero-order valence-corrected chi connectivity index (χ0v) is 18.6. The molecule has 2 aromatic rings. The van der Waals surface area contributed by atoms with Gasteiger partial charge in [-0.2, -0.15) is 0 Å². The van der Waals surface area contributed by atoms with Crippen LogP contribution in [0, 0.1) is 0 Å². The van der Waals surface area contributed by atoms with Gasteiger partial charge in [0, 0.05) is 45.7 Å². The number of ether oxygens (including phenoxy) is 1. The molecule has 3 rings (SSSR count). The van der Waals surface area contributed by atoms with Gasteiger partial charge in [0.05, 0.1) is 12.1 Å². The molecule has 0 atom stereocenters. The minimum atomic E-state index is -3.81. The lowest BCUT2D eigenvalue weighted by Gasteiger charge is -2.32. The average molecular weight is 503 g/mol. The van der Waals surface area contributed by atoms with Crippen LogP contribution < -0.4 is 4.74 Å². The van der Waals surface area contributed by atoms with Crippen molar-refractivity contribution in [1.29, 1.82) is 0 Å². The van der Waals surface area contributed by atoms with Crippen LogP contribution in [-0.4, -0.2) is 40.4 Å². The van der Waals surface area contributed by atoms with Gasteiger partial charge >= 0.3 is 5.57 Å². The Bertz CT molecular complexity index is 990. The third-order valence-corrected chi connectivity index (χ3v) is 5.72. The molecule has 30 heavy (non-hydrogen) atoms. The van der Waals surface area contributed by atoms with E-state index in [4.69, 9.17) is 11.6 Å². The van der Waals surface area contributed by atoms with Gasteiger partial charge in [-0.25, -0.2) is 0 Å². The number of aliphatic hydroxyl groups excluding tert-OH is 1. The number of ketones is 1. The van der Waals surface area contributed by atoms with Crippen molar-refractivity contribution in [3.8, 4) is 5.75 Å². The molecule has 1 heterocycles. The van der Waals surface area contributed by atoms with E-state index in [1.807, 2.05) is 13.8 Å². The lowest BCUT2D eigenvalue weighted by molar-refractivity contribution is -0.0964. The molecule has 9 heteroatoms. The third-order valence-electron chi connectivity index (χ3n) is 5.02. The maximum absolute atomic E-state index is 12.8. The van der Waals surface area contributed by atoms with Gasteiger partial charge in [-0.1, -0.05) is 28.1 Å². The molecule has 1 aliphatic heterocycles. The van der Waals surface area contributed by atoms with E-state index in [1.54, 1.807) is 17.0 Å². The number of rotatable bonds is 7. The number of nitrogens with zero attached hydrogens (tertiary/aromatic N) is 1. The number of β-amino-alcohol motifs (C(OH)–C–C–N with tert-alkyl or cyclic N) is 1. The van der Waals surface area contributed by atoms with E-state index in [0.717, 1.165) is 5.56 Å². The lowest BCUT2D eigenvalue weighted by atomic mass is 9.91. The molecule has 0 saturated carbocycles. The van der Waals surface area contributed by atoms with Crippen molar-refractivity contribution in [2.45, 2.75) is 31.4 Å². The number of alkyl halides is 3. The summed E-state index contributed by atoms with van der Waals surface area (Å²) in [6.07, 6.45) is 0.0146. The predicted octanol–water partition coefficient (Wildman–Crippen LogP) is 4.73. The second kappa shape index (κ2) is 8.24. The van der Waals surface area contributed by atoms with Crippen molar-refractivity contribution in [3.63, 3.8) is 0 Å². The molecular weight excluding hydrogens is 484 g/mol. The highest BCUT2D eigenvalue weighted by molar-refractivity contribution is 9.10. The van der Waals surface area contributed by atoms with Crippen molar-refractivity contribution in [1.82, 2.24) is 4.90 Å². The summed E-state index contributed by atoms with van der Waals surface area (Å²) in [5, 5.41) is 9.30. The largest absolute Gasteiger partial charge is 0.487 e. The van der Waals surface area contributed by atoms with Gasteiger partial charge in [0.2, 0.25) is 0 Å². The first kappa shape index (κ1) is 22.7. The van der Waals surface area contributed by atoms with Crippen molar-refractivity contribution >= 4 is 39.2 Å². The first-order valence-corrected chi connectivity index (χ1v) is 10.3. The Morgan fingerprint density at radius 2 is 1.90 bits per heavy atom. The number of hydrogen-bond acceptors (Lipinski definition) is 4. The van der Waals surface area contributed by atoms with Gasteiger partial charge in [-0.05, 0) is 43.7 Å². The van der Waals surface area contributed by atoms with Crippen LogP contribution >= 0.6 is 27.5 Å². The molecule has 0 aliphatic carbocycles. The van der Waals surface area contributed by atoms with E-state index in [2.05, 4.69) is 20.7 Å². The molecule has 0 bridgehead atoms. The van der Waals surface area contributed by atoms with Crippen LogP contribution in [0.2, 0.25) is 0 Å². The molecule has 1 amide bonds. The summed E-state index contributed by atoms with van der Waals surface area (Å²) in [5.41, 5.74) is -2.31. The molecule has 0 radical (unpaired) electrons. The third kappa shape index (κ3) is 4.50. The van der Waals surface area contributed by atoms with Crippen LogP contribution in [-0.2, 0) is 12.0 Å². The first-order chi connectivity index (χ1) is 13.9. The van der Waals surface area contributed by atoms with Crippen LogP contribution in [0.1, 0.15) is 45.7 Å². The molecule has 5 nitrogen and oxygen atoms in total. The fourth-order valence-corrected chi connectivity index (χ4v) is 4.70. The monoisotopic (exact) mass is 501 g/mol. The minimum Gasteiger partial charge on any atom is -0.420 e. The second-order valence-electron chi connectivity index (χ2n) is 7.41. The molecule has 0 aromatic heterocycles. The summed E-state index contributed by atoms with van der Waals surface area (Å²) in [4.78, 5) is 27.2. The summed E-state index contributed by atoms with van der Waals surface area (Å²) in [7, 11) is 0. The molecule has 160 valence electrons. The Labute approximate surface area is 185 Å². The number of amides is 1. The van der Waals surface area contributed by atoms with Crippen LogP contribution in [0.4, 0.5) is 8.78 Å². The highest BCUT2D eigenvalue weighted by Crippen LogP contribution is 2.43. The fraction of sp³-hybridized carbons (Fsp3) is 0.333. The van der Waals surface area contributed by atoms with Crippen LogP contribution in [0.25, 0.3) is 0 Å². The molecule has 0 saturated heterocycles. The number of carbonyl (C=O) groups is 2. The van der Waals surface area contributed by atoms with Gasteiger partial charge in [0.1, 0.15) is 5.75 Å². The summed E-state index contributed by atoms with van der Waals surface area (Å²) in [6.45, 7) is 3.78. The summed E-state index contributed by atoms with van der Waals surface area (Å²) >= 11 is 8.21. The Balaban J connectivity index is 1.84. The van der Waals surface area contributed by atoms with Crippen LogP contribution in [0.3, 0.4) is 0 Å². The van der Waals surface area contributed by atoms with Crippen molar-refractivity contribution in [2.24, 2.45) is 0 Å². The van der Waals surface area contributed by atoms with Crippen molar-refractivity contribution < 1.29 is 28.2 Å². The second-order valence-corrected chi connectivity index (χ2v) is 8.71. The van der Waals surface area contributed by atoms with Gasteiger partial charge in [-0.3, -0.25) is 9.59 Å². The number of Topliss-reactive ketones (excluding diaryl/α,β-unsaturated/α-hetero) is 1. The predicted molar refractivity (Wildman–Crippen MR) is 111 cm³/mol. The van der Waals surface area contributed by atoms with Gasteiger partial charge < -0.3 is 14.7 Å². The number of hydrogen-bond donors (Lipinski definition) is 1. The number of benzene rings is 2. The lowest BCUT2D eigenvalue weighted by Crippen LogP contribution is -2.41. The van der Waals surface area contributed by atoms with Gasteiger partial charge in [0.25, 0.3) is 5.91 Å².